The molecule has 96 valence electrons. The predicted molar refractivity (Wildman–Crippen MR) is 74.3 cm³/mol. The molecular weight excluding hydrogens is 284 g/mol. The van der Waals surface area contributed by atoms with Gasteiger partial charge in [0.25, 0.3) is 0 Å². The van der Waals surface area contributed by atoms with Crippen molar-refractivity contribution in [3.8, 4) is 0 Å². The first-order valence-corrected chi connectivity index (χ1v) is 6.77. The van der Waals surface area contributed by atoms with E-state index in [-0.39, 0.29) is 0 Å². The molecule has 3 rings (SSSR count). The van der Waals surface area contributed by atoms with Crippen molar-refractivity contribution in [3.63, 3.8) is 0 Å². The monoisotopic (exact) mass is 292 g/mol. The summed E-state index contributed by atoms with van der Waals surface area (Å²) in [6.07, 6.45) is 3.99. The summed E-state index contributed by atoms with van der Waals surface area (Å²) in [5, 5.41) is 9.92. The fourth-order valence-corrected chi connectivity index (χ4v) is 3.03. The van der Waals surface area contributed by atoms with E-state index in [1.807, 2.05) is 16.5 Å². The van der Waals surface area contributed by atoms with Gasteiger partial charge in [0.05, 0.1) is 5.69 Å². The quantitative estimate of drug-likeness (QED) is 0.805. The number of hydrogen-bond acceptors (Lipinski definition) is 3. The van der Waals surface area contributed by atoms with Gasteiger partial charge < -0.3 is 5.11 Å². The fraction of sp³-hybridized carbons (Fsp3) is 0.0769. The molecule has 0 saturated heterocycles. The topological polar surface area (TPSA) is 54.6 Å². The molecule has 0 unspecified atom stereocenters. The molecule has 0 atom stereocenters. The average Bonchev–Trinajstić information content (AvgIpc) is 2.94. The Morgan fingerprint density at radius 2 is 2.11 bits per heavy atom. The smallest absolute Gasteiger partial charge is 0.347 e. The van der Waals surface area contributed by atoms with Gasteiger partial charge in [0.1, 0.15) is 4.88 Å². The highest BCUT2D eigenvalue weighted by Crippen LogP contribution is 2.25. The number of rotatable bonds is 3. The molecule has 0 aliphatic rings. The van der Waals surface area contributed by atoms with Crippen LogP contribution in [0.4, 0.5) is 0 Å². The number of aromatic carboxylic acids is 1. The second-order valence-electron chi connectivity index (χ2n) is 4.07. The summed E-state index contributed by atoms with van der Waals surface area (Å²) < 4.78 is 1.82. The molecule has 3 aromatic rings. The minimum atomic E-state index is -0.917. The van der Waals surface area contributed by atoms with E-state index in [1.54, 1.807) is 24.5 Å². The number of aromatic nitrogens is 2. The number of nitrogens with zero attached hydrogens (tertiary/aromatic N) is 2. The Morgan fingerprint density at radius 3 is 2.79 bits per heavy atom. The van der Waals surface area contributed by atoms with Crippen molar-refractivity contribution in [2.75, 3.05) is 0 Å². The maximum absolute atomic E-state index is 11.3. The summed E-state index contributed by atoms with van der Waals surface area (Å²) in [5.74, 6) is -0.917. The van der Waals surface area contributed by atoms with E-state index >= 15 is 0 Å². The van der Waals surface area contributed by atoms with Gasteiger partial charge in [-0.2, -0.15) is 0 Å². The first-order chi connectivity index (χ1) is 9.15. The molecule has 0 bridgehead atoms. The van der Waals surface area contributed by atoms with Crippen LogP contribution in [0.15, 0.2) is 36.7 Å². The van der Waals surface area contributed by atoms with Crippen LogP contribution in [0, 0.1) is 0 Å². The zero-order valence-electron chi connectivity index (χ0n) is 9.71. The molecule has 6 heteroatoms. The van der Waals surface area contributed by atoms with Gasteiger partial charge in [0.15, 0.2) is 4.96 Å². The lowest BCUT2D eigenvalue weighted by Crippen LogP contribution is -2.02. The summed E-state index contributed by atoms with van der Waals surface area (Å²) >= 11 is 7.03. The van der Waals surface area contributed by atoms with E-state index in [0.717, 1.165) is 11.3 Å². The zero-order chi connectivity index (χ0) is 13.4. The maximum Gasteiger partial charge on any atom is 0.347 e. The summed E-state index contributed by atoms with van der Waals surface area (Å²) in [4.78, 5) is 16.4. The lowest BCUT2D eigenvalue weighted by atomic mass is 10.1. The third-order valence-electron chi connectivity index (χ3n) is 2.83. The van der Waals surface area contributed by atoms with Crippen LogP contribution in [0.3, 0.4) is 0 Å². The zero-order valence-corrected chi connectivity index (χ0v) is 11.3. The minimum Gasteiger partial charge on any atom is -0.477 e. The predicted octanol–water partition coefficient (Wildman–Crippen LogP) is 3.34. The van der Waals surface area contributed by atoms with Gasteiger partial charge in [-0.3, -0.25) is 4.40 Å². The van der Waals surface area contributed by atoms with Crippen LogP contribution in [0.2, 0.25) is 5.02 Å². The number of carboxylic acids is 1. The number of halogens is 1. The molecule has 0 amide bonds. The normalized spacial score (nSPS) is 11.0. The van der Waals surface area contributed by atoms with E-state index in [2.05, 4.69) is 4.98 Å². The molecule has 2 aromatic heterocycles. The van der Waals surface area contributed by atoms with Gasteiger partial charge in [-0.25, -0.2) is 9.78 Å². The van der Waals surface area contributed by atoms with Gasteiger partial charge in [-0.15, -0.1) is 0 Å². The van der Waals surface area contributed by atoms with E-state index in [9.17, 15) is 9.90 Å². The highest BCUT2D eigenvalue weighted by molar-refractivity contribution is 7.18. The number of benzene rings is 1. The molecule has 0 fully saturated rings. The standard InChI is InChI=1S/C13H9ClN2O2S/c14-9-3-1-8(2-4-9)7-10-11(12(17)18)19-13-15-5-6-16(10)13/h1-6H,7H2,(H,17,18). The summed E-state index contributed by atoms with van der Waals surface area (Å²) in [5.41, 5.74) is 1.76. The highest BCUT2D eigenvalue weighted by atomic mass is 35.5. The molecule has 0 aliphatic carbocycles. The molecule has 2 heterocycles. The summed E-state index contributed by atoms with van der Waals surface area (Å²) in [6, 6.07) is 7.40. The molecule has 4 nitrogen and oxygen atoms in total. The average molecular weight is 293 g/mol. The van der Waals surface area contributed by atoms with E-state index in [0.29, 0.717) is 21.3 Å². The van der Waals surface area contributed by atoms with Crippen LogP contribution in [0.25, 0.3) is 4.96 Å². The van der Waals surface area contributed by atoms with Crippen LogP contribution in [0.5, 0.6) is 0 Å². The van der Waals surface area contributed by atoms with Crippen molar-refractivity contribution in [1.29, 1.82) is 0 Å². The Kier molecular flexibility index (Phi) is 3.00. The van der Waals surface area contributed by atoms with E-state index < -0.39 is 5.97 Å². The van der Waals surface area contributed by atoms with Gasteiger partial charge in [0.2, 0.25) is 0 Å². The third kappa shape index (κ3) is 2.22. The number of carboxylic acid groups (broad SMARTS) is 1. The van der Waals surface area contributed by atoms with Crippen LogP contribution in [-0.4, -0.2) is 20.5 Å². The molecule has 19 heavy (non-hydrogen) atoms. The van der Waals surface area contributed by atoms with Crippen molar-refractivity contribution in [2.24, 2.45) is 0 Å². The van der Waals surface area contributed by atoms with Crippen molar-refractivity contribution in [3.05, 3.63) is 57.8 Å². The molecule has 1 aromatic carbocycles. The SMILES string of the molecule is O=C(O)c1sc2nccn2c1Cc1ccc(Cl)cc1. The van der Waals surface area contributed by atoms with Crippen molar-refractivity contribution < 1.29 is 9.90 Å². The van der Waals surface area contributed by atoms with Crippen LogP contribution >= 0.6 is 22.9 Å². The first kappa shape index (κ1) is 12.2. The molecule has 0 saturated carbocycles. The van der Waals surface area contributed by atoms with Crippen LogP contribution in [0.1, 0.15) is 20.9 Å². The number of carbonyl (C=O) groups is 1. The fourth-order valence-electron chi connectivity index (χ4n) is 1.96. The molecule has 0 radical (unpaired) electrons. The van der Waals surface area contributed by atoms with E-state index in [4.69, 9.17) is 11.6 Å². The number of thiazole rings is 1. The van der Waals surface area contributed by atoms with Crippen LogP contribution in [-0.2, 0) is 6.42 Å². The van der Waals surface area contributed by atoms with Crippen molar-refractivity contribution in [1.82, 2.24) is 9.38 Å². The van der Waals surface area contributed by atoms with Gasteiger partial charge in [-0.05, 0) is 17.7 Å². The highest BCUT2D eigenvalue weighted by Gasteiger charge is 2.18. The van der Waals surface area contributed by atoms with Gasteiger partial charge >= 0.3 is 5.97 Å². The van der Waals surface area contributed by atoms with E-state index in [1.165, 1.54) is 11.3 Å². The number of fused-ring (bicyclic) bond motifs is 1. The Balaban J connectivity index is 2.07. The summed E-state index contributed by atoms with van der Waals surface area (Å²) in [6.45, 7) is 0. The lowest BCUT2D eigenvalue weighted by molar-refractivity contribution is 0.0700. The number of hydrogen-bond donors (Lipinski definition) is 1. The minimum absolute atomic E-state index is 0.332. The van der Waals surface area contributed by atoms with Crippen LogP contribution < -0.4 is 0 Å². The van der Waals surface area contributed by atoms with Gasteiger partial charge in [-0.1, -0.05) is 35.1 Å². The first-order valence-electron chi connectivity index (χ1n) is 5.57. The Labute approximate surface area is 117 Å². The lowest BCUT2D eigenvalue weighted by Gasteiger charge is -2.03. The maximum atomic E-state index is 11.3. The third-order valence-corrected chi connectivity index (χ3v) is 4.18. The summed E-state index contributed by atoms with van der Waals surface area (Å²) in [7, 11) is 0. The molecule has 0 spiro atoms. The van der Waals surface area contributed by atoms with Gasteiger partial charge in [0, 0.05) is 23.8 Å². The Morgan fingerprint density at radius 1 is 1.37 bits per heavy atom. The van der Waals surface area contributed by atoms with Crippen molar-refractivity contribution >= 4 is 33.9 Å². The second-order valence-corrected chi connectivity index (χ2v) is 5.48. The second kappa shape index (κ2) is 4.68. The molecule has 0 aliphatic heterocycles. The molecular formula is C13H9ClN2O2S. The van der Waals surface area contributed by atoms with Crippen molar-refractivity contribution in [2.45, 2.75) is 6.42 Å². The largest absolute Gasteiger partial charge is 0.477 e. The Bertz CT molecular complexity index is 746. The Hall–Kier alpha value is -1.85. The molecule has 1 N–H and O–H groups in total. The number of imidazole rings is 1.